The van der Waals surface area contributed by atoms with Crippen LogP contribution in [-0.2, 0) is 6.42 Å². The van der Waals surface area contributed by atoms with Gasteiger partial charge in [-0.3, -0.25) is 0 Å². The fraction of sp³-hybridized carbons (Fsp3) is 0.200. The molecule has 2 rings (SSSR count). The summed E-state index contributed by atoms with van der Waals surface area (Å²) >= 11 is 0. The maximum absolute atomic E-state index is 8.62. The quantitative estimate of drug-likeness (QED) is 0.771. The zero-order valence-electron chi connectivity index (χ0n) is 9.26. The van der Waals surface area contributed by atoms with Gasteiger partial charge in [0.25, 0.3) is 0 Å². The van der Waals surface area contributed by atoms with E-state index in [1.165, 1.54) is 16.3 Å². The van der Waals surface area contributed by atoms with E-state index in [0.29, 0.717) is 0 Å². The molecule has 2 aromatic rings. The van der Waals surface area contributed by atoms with Crippen LogP contribution >= 0.6 is 0 Å². The standard InChI is InChI=1S/C15H16O/c16-11-5-1-2-6-13-9-10-14-7-3-4-8-15(14)12-13/h1,3-5,7-10,12,16H,2,6,11H2/b5-1+. The van der Waals surface area contributed by atoms with E-state index in [-0.39, 0.29) is 6.61 Å². The van der Waals surface area contributed by atoms with E-state index in [1.807, 2.05) is 6.08 Å². The third-order valence-corrected chi connectivity index (χ3v) is 2.69. The number of aryl methyl sites for hydroxylation is 1. The topological polar surface area (TPSA) is 20.2 Å². The molecule has 0 spiro atoms. The molecule has 16 heavy (non-hydrogen) atoms. The van der Waals surface area contributed by atoms with Gasteiger partial charge in [0.05, 0.1) is 6.61 Å². The van der Waals surface area contributed by atoms with E-state index < -0.39 is 0 Å². The van der Waals surface area contributed by atoms with Crippen molar-refractivity contribution in [2.24, 2.45) is 0 Å². The summed E-state index contributed by atoms with van der Waals surface area (Å²) in [5.41, 5.74) is 1.35. The highest BCUT2D eigenvalue weighted by molar-refractivity contribution is 5.82. The molecule has 0 saturated heterocycles. The van der Waals surface area contributed by atoms with Crippen molar-refractivity contribution in [2.45, 2.75) is 12.8 Å². The van der Waals surface area contributed by atoms with Crippen molar-refractivity contribution < 1.29 is 5.11 Å². The Labute approximate surface area is 96.0 Å². The number of fused-ring (bicyclic) bond motifs is 1. The average molecular weight is 212 g/mol. The maximum atomic E-state index is 8.62. The lowest BCUT2D eigenvalue weighted by molar-refractivity contribution is 0.342. The smallest absolute Gasteiger partial charge is 0.0612 e. The first-order chi connectivity index (χ1) is 7.90. The first-order valence-electron chi connectivity index (χ1n) is 5.63. The second-order valence-corrected chi connectivity index (χ2v) is 3.87. The number of rotatable bonds is 4. The second kappa shape index (κ2) is 5.47. The van der Waals surface area contributed by atoms with Crippen LogP contribution in [0.3, 0.4) is 0 Å². The maximum Gasteiger partial charge on any atom is 0.0612 e. The molecule has 0 aliphatic carbocycles. The number of aliphatic hydroxyl groups is 1. The molecule has 1 nitrogen and oxygen atoms in total. The number of hydrogen-bond acceptors (Lipinski definition) is 1. The van der Waals surface area contributed by atoms with Crippen LogP contribution in [0.4, 0.5) is 0 Å². The van der Waals surface area contributed by atoms with Gasteiger partial charge in [-0.05, 0) is 29.2 Å². The van der Waals surface area contributed by atoms with Crippen LogP contribution in [0.15, 0.2) is 54.6 Å². The highest BCUT2D eigenvalue weighted by Crippen LogP contribution is 2.16. The Morgan fingerprint density at radius 2 is 1.75 bits per heavy atom. The molecule has 82 valence electrons. The fourth-order valence-corrected chi connectivity index (χ4v) is 1.84. The molecule has 0 bridgehead atoms. The second-order valence-electron chi connectivity index (χ2n) is 3.87. The van der Waals surface area contributed by atoms with Gasteiger partial charge in [-0.25, -0.2) is 0 Å². The zero-order chi connectivity index (χ0) is 11.2. The Kier molecular flexibility index (Phi) is 3.73. The highest BCUT2D eigenvalue weighted by Gasteiger charge is 1.94. The highest BCUT2D eigenvalue weighted by atomic mass is 16.2. The normalized spacial score (nSPS) is 11.3. The first kappa shape index (κ1) is 10.9. The van der Waals surface area contributed by atoms with Gasteiger partial charge in [0.1, 0.15) is 0 Å². The van der Waals surface area contributed by atoms with E-state index in [9.17, 15) is 0 Å². The van der Waals surface area contributed by atoms with Gasteiger partial charge in [0.2, 0.25) is 0 Å². The van der Waals surface area contributed by atoms with Crippen LogP contribution in [0.2, 0.25) is 0 Å². The predicted molar refractivity (Wildman–Crippen MR) is 68.5 cm³/mol. The van der Waals surface area contributed by atoms with Crippen LogP contribution < -0.4 is 0 Å². The Hall–Kier alpha value is -1.60. The van der Waals surface area contributed by atoms with Crippen molar-refractivity contribution in [3.63, 3.8) is 0 Å². The van der Waals surface area contributed by atoms with Crippen LogP contribution in [0.1, 0.15) is 12.0 Å². The minimum atomic E-state index is 0.137. The van der Waals surface area contributed by atoms with Gasteiger partial charge < -0.3 is 5.11 Å². The van der Waals surface area contributed by atoms with E-state index >= 15 is 0 Å². The largest absolute Gasteiger partial charge is 0.392 e. The number of allylic oxidation sites excluding steroid dienone is 1. The molecule has 0 heterocycles. The van der Waals surface area contributed by atoms with E-state index in [2.05, 4.69) is 42.5 Å². The lowest BCUT2D eigenvalue weighted by Gasteiger charge is -2.01. The summed E-state index contributed by atoms with van der Waals surface area (Å²) in [5.74, 6) is 0. The molecule has 0 aliphatic rings. The van der Waals surface area contributed by atoms with Crippen molar-refractivity contribution in [1.82, 2.24) is 0 Å². The predicted octanol–water partition coefficient (Wildman–Crippen LogP) is 3.32. The number of hydrogen-bond donors (Lipinski definition) is 1. The van der Waals surface area contributed by atoms with Crippen LogP contribution in [0, 0.1) is 0 Å². The molecule has 0 aromatic heterocycles. The third-order valence-electron chi connectivity index (χ3n) is 2.69. The van der Waals surface area contributed by atoms with Crippen molar-refractivity contribution >= 4 is 10.8 Å². The van der Waals surface area contributed by atoms with Crippen LogP contribution in [0.5, 0.6) is 0 Å². The molecule has 2 aromatic carbocycles. The molecule has 0 atom stereocenters. The van der Waals surface area contributed by atoms with Crippen molar-refractivity contribution in [2.75, 3.05) is 6.61 Å². The Balaban J connectivity index is 2.10. The lowest BCUT2D eigenvalue weighted by Crippen LogP contribution is -1.84. The van der Waals surface area contributed by atoms with E-state index in [0.717, 1.165) is 12.8 Å². The van der Waals surface area contributed by atoms with Gasteiger partial charge in [-0.2, -0.15) is 0 Å². The molecule has 0 unspecified atom stereocenters. The summed E-state index contributed by atoms with van der Waals surface area (Å²) in [4.78, 5) is 0. The van der Waals surface area contributed by atoms with Gasteiger partial charge >= 0.3 is 0 Å². The molecule has 1 heteroatoms. The molecule has 0 amide bonds. The summed E-state index contributed by atoms with van der Waals surface area (Å²) in [6.07, 6.45) is 5.83. The van der Waals surface area contributed by atoms with Crippen molar-refractivity contribution in [3.8, 4) is 0 Å². The Morgan fingerprint density at radius 3 is 2.56 bits per heavy atom. The Morgan fingerprint density at radius 1 is 0.938 bits per heavy atom. The number of aliphatic hydroxyl groups excluding tert-OH is 1. The van der Waals surface area contributed by atoms with Crippen LogP contribution in [-0.4, -0.2) is 11.7 Å². The monoisotopic (exact) mass is 212 g/mol. The van der Waals surface area contributed by atoms with Gasteiger partial charge in [-0.15, -0.1) is 0 Å². The summed E-state index contributed by atoms with van der Waals surface area (Å²) in [6.45, 7) is 0.137. The molecule has 0 radical (unpaired) electrons. The molecule has 0 aliphatic heterocycles. The fourth-order valence-electron chi connectivity index (χ4n) is 1.84. The lowest BCUT2D eigenvalue weighted by atomic mass is 10.0. The minimum Gasteiger partial charge on any atom is -0.392 e. The molecule has 1 N–H and O–H groups in total. The molecular formula is C15H16O. The van der Waals surface area contributed by atoms with Gasteiger partial charge in [0.15, 0.2) is 0 Å². The van der Waals surface area contributed by atoms with Crippen LogP contribution in [0.25, 0.3) is 10.8 Å². The van der Waals surface area contributed by atoms with Crippen molar-refractivity contribution in [3.05, 3.63) is 60.2 Å². The molecular weight excluding hydrogens is 196 g/mol. The van der Waals surface area contributed by atoms with Crippen molar-refractivity contribution in [1.29, 1.82) is 0 Å². The Bertz CT molecular complexity index is 486. The number of benzene rings is 2. The van der Waals surface area contributed by atoms with Gasteiger partial charge in [-0.1, -0.05) is 54.6 Å². The molecule has 0 fully saturated rings. The van der Waals surface area contributed by atoms with E-state index in [1.54, 1.807) is 6.08 Å². The van der Waals surface area contributed by atoms with E-state index in [4.69, 9.17) is 5.11 Å². The SMILES string of the molecule is OC/C=C/CCc1ccc2ccccc2c1. The van der Waals surface area contributed by atoms with Gasteiger partial charge in [0, 0.05) is 0 Å². The first-order valence-corrected chi connectivity index (χ1v) is 5.63. The third kappa shape index (κ3) is 2.71. The summed E-state index contributed by atoms with van der Waals surface area (Å²) in [5, 5.41) is 11.2. The summed E-state index contributed by atoms with van der Waals surface area (Å²) in [7, 11) is 0. The minimum absolute atomic E-state index is 0.137. The summed E-state index contributed by atoms with van der Waals surface area (Å²) < 4.78 is 0. The zero-order valence-corrected chi connectivity index (χ0v) is 9.26. The summed E-state index contributed by atoms with van der Waals surface area (Å²) in [6, 6.07) is 15.0. The molecule has 0 saturated carbocycles. The average Bonchev–Trinajstić information content (AvgIpc) is 2.34.